The van der Waals surface area contributed by atoms with Gasteiger partial charge in [-0.1, -0.05) is 158 Å². The Morgan fingerprint density at radius 2 is 0.907 bits per heavy atom. The van der Waals surface area contributed by atoms with Crippen LogP contribution in [0.5, 0.6) is 0 Å². The van der Waals surface area contributed by atoms with Crippen LogP contribution in [-0.2, 0) is 0 Å². The van der Waals surface area contributed by atoms with E-state index in [1.165, 1.54) is 102 Å². The number of para-hydroxylation sites is 1. The number of hydrogen-bond donors (Lipinski definition) is 0. The Bertz CT molecular complexity index is 3430. The summed E-state index contributed by atoms with van der Waals surface area (Å²) < 4.78 is 9.12. The number of thiophene rings is 1. The van der Waals surface area contributed by atoms with Crippen molar-refractivity contribution in [1.29, 1.82) is 0 Å². The van der Waals surface area contributed by atoms with E-state index in [4.69, 9.17) is 4.42 Å². The zero-order chi connectivity index (χ0) is 35.3. The molecule has 0 spiro atoms. The average Bonchev–Trinajstić information content (AvgIpc) is 3.80. The van der Waals surface area contributed by atoms with Crippen molar-refractivity contribution in [3.63, 3.8) is 0 Å². The minimum Gasteiger partial charge on any atom is -0.455 e. The van der Waals surface area contributed by atoms with Gasteiger partial charge in [-0.25, -0.2) is 0 Å². The summed E-state index contributed by atoms with van der Waals surface area (Å²) in [4.78, 5) is 0. The van der Waals surface area contributed by atoms with E-state index in [1.54, 1.807) is 0 Å². The fourth-order valence-electron chi connectivity index (χ4n) is 9.10. The van der Waals surface area contributed by atoms with Crippen molar-refractivity contribution in [3.05, 3.63) is 182 Å². The predicted molar refractivity (Wildman–Crippen MR) is 233 cm³/mol. The number of benzene rings is 10. The van der Waals surface area contributed by atoms with Crippen LogP contribution in [0.1, 0.15) is 0 Å². The van der Waals surface area contributed by atoms with E-state index in [9.17, 15) is 0 Å². The van der Waals surface area contributed by atoms with Crippen molar-refractivity contribution < 1.29 is 4.42 Å². The lowest BCUT2D eigenvalue weighted by molar-refractivity contribution is 0.673. The number of fused-ring (bicyclic) bond motifs is 11. The second-order valence-corrected chi connectivity index (χ2v) is 15.4. The van der Waals surface area contributed by atoms with E-state index in [2.05, 4.69) is 176 Å². The van der Waals surface area contributed by atoms with Crippen molar-refractivity contribution in [2.75, 3.05) is 0 Å². The second-order valence-electron chi connectivity index (χ2n) is 14.3. The van der Waals surface area contributed by atoms with Gasteiger partial charge >= 0.3 is 0 Å². The molecule has 0 amide bonds. The van der Waals surface area contributed by atoms with Crippen molar-refractivity contribution in [2.45, 2.75) is 0 Å². The van der Waals surface area contributed by atoms with Crippen LogP contribution in [0.15, 0.2) is 186 Å². The number of hydrogen-bond acceptors (Lipinski definition) is 2. The maximum atomic E-state index is 6.59. The Hall–Kier alpha value is -6.74. The minimum absolute atomic E-state index is 0.932. The molecule has 0 atom stereocenters. The first-order chi connectivity index (χ1) is 26.8. The lowest BCUT2D eigenvalue weighted by Crippen LogP contribution is -1.91. The topological polar surface area (TPSA) is 13.1 Å². The molecule has 0 aliphatic carbocycles. The molecule has 0 saturated heterocycles. The van der Waals surface area contributed by atoms with E-state index in [-0.39, 0.29) is 0 Å². The molecule has 250 valence electrons. The van der Waals surface area contributed by atoms with Gasteiger partial charge in [0.05, 0.1) is 0 Å². The van der Waals surface area contributed by atoms with Crippen molar-refractivity contribution in [3.8, 4) is 33.4 Å². The van der Waals surface area contributed by atoms with Crippen molar-refractivity contribution in [1.82, 2.24) is 0 Å². The minimum atomic E-state index is 0.932. The first-order valence-electron chi connectivity index (χ1n) is 18.5. The molecule has 0 saturated carbocycles. The van der Waals surface area contributed by atoms with Gasteiger partial charge in [0, 0.05) is 36.5 Å². The monoisotopic (exact) mass is 702 g/mol. The smallest absolute Gasteiger partial charge is 0.144 e. The van der Waals surface area contributed by atoms with Gasteiger partial charge in [-0.3, -0.25) is 0 Å². The van der Waals surface area contributed by atoms with Crippen LogP contribution < -0.4 is 0 Å². The summed E-state index contributed by atoms with van der Waals surface area (Å²) in [5.41, 5.74) is 9.45. The van der Waals surface area contributed by atoms with Gasteiger partial charge in [0.15, 0.2) is 0 Å². The Morgan fingerprint density at radius 1 is 0.352 bits per heavy atom. The number of furan rings is 1. The Kier molecular flexibility index (Phi) is 6.28. The van der Waals surface area contributed by atoms with Crippen molar-refractivity contribution >= 4 is 96.5 Å². The van der Waals surface area contributed by atoms with Crippen molar-refractivity contribution in [2.24, 2.45) is 0 Å². The van der Waals surface area contributed by atoms with Gasteiger partial charge in [-0.15, -0.1) is 11.3 Å². The highest BCUT2D eigenvalue weighted by Gasteiger charge is 2.21. The molecule has 0 radical (unpaired) electrons. The van der Waals surface area contributed by atoms with Crippen LogP contribution in [0.4, 0.5) is 0 Å². The largest absolute Gasteiger partial charge is 0.455 e. The van der Waals surface area contributed by atoms with Gasteiger partial charge in [-0.2, -0.15) is 0 Å². The first kappa shape index (κ1) is 29.8. The zero-order valence-electron chi connectivity index (χ0n) is 29.1. The highest BCUT2D eigenvalue weighted by Crippen LogP contribution is 2.49. The second kappa shape index (κ2) is 11.4. The Morgan fingerprint density at radius 3 is 1.63 bits per heavy atom. The molecule has 1 nitrogen and oxygen atoms in total. The van der Waals surface area contributed by atoms with Crippen LogP contribution in [-0.4, -0.2) is 0 Å². The lowest BCUT2D eigenvalue weighted by Gasteiger charge is -2.19. The summed E-state index contributed by atoms with van der Waals surface area (Å²) in [5.74, 6) is 0. The predicted octanol–water partition coefficient (Wildman–Crippen LogP) is 15.6. The quantitative estimate of drug-likeness (QED) is 0.167. The fourth-order valence-corrected chi connectivity index (χ4v) is 10.4. The molecule has 0 unspecified atom stereocenters. The molecule has 0 aliphatic heterocycles. The van der Waals surface area contributed by atoms with Gasteiger partial charge in [0.25, 0.3) is 0 Å². The van der Waals surface area contributed by atoms with Gasteiger partial charge in [0.1, 0.15) is 11.2 Å². The summed E-state index contributed by atoms with van der Waals surface area (Å²) in [6, 6.07) is 66.7. The summed E-state index contributed by atoms with van der Waals surface area (Å²) in [6.07, 6.45) is 0. The van der Waals surface area contributed by atoms with E-state index in [0.29, 0.717) is 0 Å². The Labute approximate surface area is 314 Å². The van der Waals surface area contributed by atoms with Gasteiger partial charge in [-0.05, 0) is 95.2 Å². The molecule has 0 fully saturated rings. The van der Waals surface area contributed by atoms with Crippen LogP contribution in [0.3, 0.4) is 0 Å². The van der Waals surface area contributed by atoms with E-state index in [0.717, 1.165) is 16.6 Å². The van der Waals surface area contributed by atoms with Gasteiger partial charge < -0.3 is 4.42 Å². The highest BCUT2D eigenvalue weighted by molar-refractivity contribution is 7.26. The molecule has 0 N–H and O–H groups in total. The molecule has 0 aliphatic rings. The van der Waals surface area contributed by atoms with E-state index in [1.807, 2.05) is 17.4 Å². The molecular formula is C52H30OS. The summed E-state index contributed by atoms with van der Waals surface area (Å²) in [6.45, 7) is 0. The average molecular weight is 703 g/mol. The third-order valence-corrected chi connectivity index (χ3v) is 12.6. The fraction of sp³-hybridized carbons (Fsp3) is 0. The lowest BCUT2D eigenvalue weighted by atomic mass is 9.84. The SMILES string of the molecule is c1ccc2c(-c3c4ccccc4c(-c4ccc(-c5c6ccccc6cc6c5sc5ccc7c8ccccc8oc7c56)cc4)c4ccccc34)cccc2c1. The highest BCUT2D eigenvalue weighted by atomic mass is 32.1. The first-order valence-corrected chi connectivity index (χ1v) is 19.3. The zero-order valence-corrected chi connectivity index (χ0v) is 30.0. The molecule has 54 heavy (non-hydrogen) atoms. The maximum absolute atomic E-state index is 6.59. The molecule has 2 aromatic heterocycles. The van der Waals surface area contributed by atoms with Crippen LogP contribution >= 0.6 is 11.3 Å². The van der Waals surface area contributed by atoms with E-state index >= 15 is 0 Å². The summed E-state index contributed by atoms with van der Waals surface area (Å²) in [7, 11) is 0. The maximum Gasteiger partial charge on any atom is 0.144 e. The Balaban J connectivity index is 1.10. The standard InChI is InChI=1S/C52H30OS/c1-3-15-35-31(12-1)14-11-22-38(35)49-41-20-7-5-18-39(41)47(40-19-6-8-21-42(40)49)32-24-26-33(27-25-32)48-36-16-4-2-13-34(36)30-44-50-46(54-52(44)48)29-28-43-37-17-9-10-23-45(37)53-51(43)50/h1-30H. The molecule has 12 rings (SSSR count). The van der Waals surface area contributed by atoms with Crippen LogP contribution in [0.25, 0.3) is 119 Å². The molecular weight excluding hydrogens is 673 g/mol. The molecule has 10 aromatic carbocycles. The third kappa shape index (κ3) is 4.20. The van der Waals surface area contributed by atoms with Gasteiger partial charge in [0.2, 0.25) is 0 Å². The molecule has 0 bridgehead atoms. The third-order valence-electron chi connectivity index (χ3n) is 11.4. The summed E-state index contributed by atoms with van der Waals surface area (Å²) in [5, 5.41) is 14.9. The van der Waals surface area contributed by atoms with E-state index < -0.39 is 0 Å². The molecule has 2 heteroatoms. The molecule has 12 aromatic rings. The molecule has 2 heterocycles. The van der Waals surface area contributed by atoms with Crippen LogP contribution in [0, 0.1) is 0 Å². The van der Waals surface area contributed by atoms with Crippen LogP contribution in [0.2, 0.25) is 0 Å². The normalized spacial score (nSPS) is 12.1. The summed E-state index contributed by atoms with van der Waals surface area (Å²) >= 11 is 1.87. The number of rotatable bonds is 3.